The van der Waals surface area contributed by atoms with Gasteiger partial charge in [-0.2, -0.15) is 5.10 Å². The Bertz CT molecular complexity index is 885. The topological polar surface area (TPSA) is 124 Å². The van der Waals surface area contributed by atoms with Gasteiger partial charge in [0.25, 0.3) is 10.0 Å². The summed E-state index contributed by atoms with van der Waals surface area (Å²) in [6, 6.07) is 3.99. The first-order valence-corrected chi connectivity index (χ1v) is 8.77. The normalized spacial score (nSPS) is 12.3. The average molecular weight is 330 g/mol. The summed E-state index contributed by atoms with van der Waals surface area (Å²) < 4.78 is 50.5. The van der Waals surface area contributed by atoms with Gasteiger partial charge in [0, 0.05) is 18.9 Å². The number of primary sulfonamides is 1. The standard InChI is InChI=1S/C11H14N4O4S2/c1-8-5-9(3-4-11(8)20(12,16)17)14-21(18,19)10-6-13-15(2)7-10/h3-7,14H,1-2H3,(H2,12,16,17). The number of nitrogens with zero attached hydrogens (tertiary/aromatic N) is 2. The molecule has 0 atom stereocenters. The SMILES string of the molecule is Cc1cc(NS(=O)(=O)c2cnn(C)c2)ccc1S(N)(=O)=O. The van der Waals surface area contributed by atoms with Crippen molar-refractivity contribution < 1.29 is 16.8 Å². The fraction of sp³-hybridized carbons (Fsp3) is 0.182. The maximum absolute atomic E-state index is 12.1. The molecule has 1 aromatic heterocycles. The highest BCUT2D eigenvalue weighted by Crippen LogP contribution is 2.21. The first-order valence-electron chi connectivity index (χ1n) is 5.74. The second-order valence-corrected chi connectivity index (χ2v) is 7.69. The monoisotopic (exact) mass is 330 g/mol. The van der Waals surface area contributed by atoms with Crippen molar-refractivity contribution in [1.82, 2.24) is 9.78 Å². The molecule has 0 fully saturated rings. The lowest BCUT2D eigenvalue weighted by Crippen LogP contribution is -2.15. The van der Waals surface area contributed by atoms with Gasteiger partial charge in [-0.05, 0) is 30.7 Å². The van der Waals surface area contributed by atoms with Crippen molar-refractivity contribution in [2.75, 3.05) is 4.72 Å². The van der Waals surface area contributed by atoms with E-state index in [1.807, 2.05) is 0 Å². The van der Waals surface area contributed by atoms with Crippen LogP contribution < -0.4 is 9.86 Å². The number of aromatic nitrogens is 2. The maximum atomic E-state index is 12.1. The van der Waals surface area contributed by atoms with E-state index in [4.69, 9.17) is 5.14 Å². The van der Waals surface area contributed by atoms with E-state index in [-0.39, 0.29) is 15.5 Å². The zero-order chi connectivity index (χ0) is 15.8. The van der Waals surface area contributed by atoms with Gasteiger partial charge in [0.1, 0.15) is 4.90 Å². The lowest BCUT2D eigenvalue weighted by atomic mass is 10.2. The van der Waals surface area contributed by atoms with E-state index >= 15 is 0 Å². The number of nitrogens with two attached hydrogens (primary N) is 1. The maximum Gasteiger partial charge on any atom is 0.265 e. The molecule has 1 aromatic carbocycles. The first kappa shape index (κ1) is 15.5. The molecule has 0 aliphatic heterocycles. The largest absolute Gasteiger partial charge is 0.280 e. The summed E-state index contributed by atoms with van der Waals surface area (Å²) in [6.45, 7) is 1.53. The number of benzene rings is 1. The van der Waals surface area contributed by atoms with E-state index < -0.39 is 20.0 Å². The van der Waals surface area contributed by atoms with E-state index in [0.29, 0.717) is 5.56 Å². The number of sulfonamides is 2. The predicted molar refractivity (Wildman–Crippen MR) is 76.6 cm³/mol. The number of nitrogens with one attached hydrogen (secondary N) is 1. The minimum absolute atomic E-state index is 0.0122. The van der Waals surface area contributed by atoms with E-state index in [9.17, 15) is 16.8 Å². The second kappa shape index (κ2) is 5.13. The smallest absolute Gasteiger partial charge is 0.265 e. The fourth-order valence-corrected chi connectivity index (χ4v) is 3.58. The van der Waals surface area contributed by atoms with Crippen LogP contribution in [0.1, 0.15) is 5.56 Å². The molecule has 8 nitrogen and oxygen atoms in total. The third-order valence-corrected chi connectivity index (χ3v) is 5.13. The average Bonchev–Trinajstić information content (AvgIpc) is 2.74. The van der Waals surface area contributed by atoms with Gasteiger partial charge in [0.15, 0.2) is 0 Å². The quantitative estimate of drug-likeness (QED) is 0.827. The molecule has 0 spiro atoms. The Kier molecular flexibility index (Phi) is 3.78. The van der Waals surface area contributed by atoms with Crippen molar-refractivity contribution >= 4 is 25.7 Å². The van der Waals surface area contributed by atoms with Crippen molar-refractivity contribution in [1.29, 1.82) is 0 Å². The Morgan fingerprint density at radius 2 is 1.90 bits per heavy atom. The van der Waals surface area contributed by atoms with Crippen LogP contribution in [-0.4, -0.2) is 26.6 Å². The van der Waals surface area contributed by atoms with Gasteiger partial charge in [-0.3, -0.25) is 9.40 Å². The molecule has 2 aromatic rings. The lowest BCUT2D eigenvalue weighted by Gasteiger charge is -2.09. The van der Waals surface area contributed by atoms with Gasteiger partial charge in [0.05, 0.1) is 11.1 Å². The summed E-state index contributed by atoms with van der Waals surface area (Å²) in [5.74, 6) is 0. The molecule has 0 radical (unpaired) electrons. The third kappa shape index (κ3) is 3.40. The number of anilines is 1. The molecule has 21 heavy (non-hydrogen) atoms. The molecule has 0 aliphatic rings. The number of rotatable bonds is 4. The first-order chi connectivity index (χ1) is 9.59. The Morgan fingerprint density at radius 3 is 2.38 bits per heavy atom. The van der Waals surface area contributed by atoms with Crippen LogP contribution >= 0.6 is 0 Å². The van der Waals surface area contributed by atoms with Gasteiger partial charge in [-0.25, -0.2) is 22.0 Å². The van der Waals surface area contributed by atoms with Crippen LogP contribution in [0.5, 0.6) is 0 Å². The second-order valence-electron chi connectivity index (χ2n) is 4.48. The summed E-state index contributed by atoms with van der Waals surface area (Å²) in [4.78, 5) is -0.0370. The van der Waals surface area contributed by atoms with Crippen LogP contribution in [0.4, 0.5) is 5.69 Å². The molecule has 0 saturated carbocycles. The summed E-state index contributed by atoms with van der Waals surface area (Å²) >= 11 is 0. The van der Waals surface area contributed by atoms with Gasteiger partial charge < -0.3 is 0 Å². The number of aryl methyl sites for hydroxylation is 2. The highest BCUT2D eigenvalue weighted by atomic mass is 32.2. The fourth-order valence-electron chi connectivity index (χ4n) is 1.78. The van der Waals surface area contributed by atoms with E-state index in [2.05, 4.69) is 9.82 Å². The molecule has 0 aliphatic carbocycles. The van der Waals surface area contributed by atoms with Gasteiger partial charge in [0.2, 0.25) is 10.0 Å². The van der Waals surface area contributed by atoms with E-state index in [1.165, 1.54) is 42.2 Å². The molecule has 0 amide bonds. The number of hydrogen-bond donors (Lipinski definition) is 2. The third-order valence-electron chi connectivity index (χ3n) is 2.73. The minimum Gasteiger partial charge on any atom is -0.280 e. The summed E-state index contributed by atoms with van der Waals surface area (Å²) in [5.41, 5.74) is 0.590. The molecule has 0 bridgehead atoms. The molecule has 114 valence electrons. The van der Waals surface area contributed by atoms with Crippen molar-refractivity contribution in [2.45, 2.75) is 16.7 Å². The Morgan fingerprint density at radius 1 is 1.24 bits per heavy atom. The zero-order valence-corrected chi connectivity index (χ0v) is 12.9. The Balaban J connectivity index is 2.35. The van der Waals surface area contributed by atoms with Crippen LogP contribution in [0.2, 0.25) is 0 Å². The molecular formula is C11H14N4O4S2. The minimum atomic E-state index is -3.83. The molecule has 0 unspecified atom stereocenters. The van der Waals surface area contributed by atoms with Crippen LogP contribution in [-0.2, 0) is 27.1 Å². The zero-order valence-electron chi connectivity index (χ0n) is 11.3. The van der Waals surface area contributed by atoms with Gasteiger partial charge >= 0.3 is 0 Å². The van der Waals surface area contributed by atoms with Crippen LogP contribution in [0.25, 0.3) is 0 Å². The summed E-state index contributed by atoms with van der Waals surface area (Å²) in [6.07, 6.45) is 2.57. The molecule has 10 heteroatoms. The molecule has 3 N–H and O–H groups in total. The van der Waals surface area contributed by atoms with E-state index in [0.717, 1.165) is 0 Å². The van der Waals surface area contributed by atoms with E-state index in [1.54, 1.807) is 7.05 Å². The highest BCUT2D eigenvalue weighted by molar-refractivity contribution is 7.92. The lowest BCUT2D eigenvalue weighted by molar-refractivity contribution is 0.597. The van der Waals surface area contributed by atoms with Crippen molar-refractivity contribution in [2.24, 2.45) is 12.2 Å². The Labute approximate surface area is 122 Å². The molecule has 0 saturated heterocycles. The summed E-state index contributed by atoms with van der Waals surface area (Å²) in [7, 11) is -6.00. The molecule has 1 heterocycles. The molecular weight excluding hydrogens is 316 g/mol. The van der Waals surface area contributed by atoms with Gasteiger partial charge in [-0.15, -0.1) is 0 Å². The Hall–Kier alpha value is -1.91. The summed E-state index contributed by atoms with van der Waals surface area (Å²) in [5, 5.41) is 8.84. The van der Waals surface area contributed by atoms with Crippen molar-refractivity contribution in [3.63, 3.8) is 0 Å². The molecule has 2 rings (SSSR count). The van der Waals surface area contributed by atoms with Crippen LogP contribution in [0.15, 0.2) is 40.4 Å². The van der Waals surface area contributed by atoms with Crippen LogP contribution in [0, 0.1) is 6.92 Å². The van der Waals surface area contributed by atoms with Crippen LogP contribution in [0.3, 0.4) is 0 Å². The van der Waals surface area contributed by atoms with Crippen molar-refractivity contribution in [3.8, 4) is 0 Å². The van der Waals surface area contributed by atoms with Crippen molar-refractivity contribution in [3.05, 3.63) is 36.2 Å². The highest BCUT2D eigenvalue weighted by Gasteiger charge is 2.18. The predicted octanol–water partition coefficient (Wildman–Crippen LogP) is 0.177. The van der Waals surface area contributed by atoms with Gasteiger partial charge in [-0.1, -0.05) is 0 Å². The number of hydrogen-bond acceptors (Lipinski definition) is 5.